The van der Waals surface area contributed by atoms with E-state index in [9.17, 15) is 14.6 Å². The van der Waals surface area contributed by atoms with Gasteiger partial charge in [-0.2, -0.15) is 0 Å². The van der Waals surface area contributed by atoms with E-state index in [4.69, 9.17) is 0 Å². The SMILES string of the molecule is C[C@@H]1Cc2c(ccc(O)c2F)[C@H]2CC[C@@]3(C)[C@@H](CC[C@@]3(O)/C=C\I)[C@H]12. The topological polar surface area (TPSA) is 40.5 Å². The van der Waals surface area contributed by atoms with Crippen molar-refractivity contribution >= 4 is 22.6 Å². The first kappa shape index (κ1) is 17.8. The molecule has 0 radical (unpaired) electrons. The highest BCUT2D eigenvalue weighted by atomic mass is 127. The number of benzene rings is 1. The van der Waals surface area contributed by atoms with Crippen LogP contribution in [0.3, 0.4) is 0 Å². The molecule has 25 heavy (non-hydrogen) atoms. The molecule has 3 aliphatic rings. The summed E-state index contributed by atoms with van der Waals surface area (Å²) in [5.41, 5.74) is 0.999. The van der Waals surface area contributed by atoms with Gasteiger partial charge in [0.05, 0.1) is 5.60 Å². The molecule has 0 bridgehead atoms. The Morgan fingerprint density at radius 2 is 2.04 bits per heavy atom. The fourth-order valence-electron chi connectivity index (χ4n) is 6.42. The Hall–Kier alpha value is -0.620. The maximum atomic E-state index is 14.5. The van der Waals surface area contributed by atoms with Crippen LogP contribution in [-0.2, 0) is 6.42 Å². The van der Waals surface area contributed by atoms with Gasteiger partial charge in [-0.15, -0.1) is 0 Å². The fourth-order valence-corrected chi connectivity index (χ4v) is 7.01. The van der Waals surface area contributed by atoms with E-state index in [1.165, 1.54) is 6.07 Å². The number of hydrogen-bond donors (Lipinski definition) is 2. The van der Waals surface area contributed by atoms with E-state index >= 15 is 0 Å². The highest BCUT2D eigenvalue weighted by molar-refractivity contribution is 14.1. The summed E-state index contributed by atoms with van der Waals surface area (Å²) in [6.45, 7) is 4.48. The monoisotopic (exact) mass is 456 g/mol. The molecule has 2 N–H and O–H groups in total. The number of hydrogen-bond acceptors (Lipinski definition) is 2. The van der Waals surface area contributed by atoms with Crippen LogP contribution in [0.2, 0.25) is 0 Å². The van der Waals surface area contributed by atoms with Crippen LogP contribution in [0.5, 0.6) is 5.75 Å². The van der Waals surface area contributed by atoms with Gasteiger partial charge in [-0.05, 0) is 83.1 Å². The standard InChI is InChI=1S/C21H26FIO2/c1-12-11-15-13(3-4-17(24)19(15)22)14-5-7-20(2)16(18(12)14)6-8-21(20,25)9-10-23/h3-4,9-10,12,14,16,18,24-25H,5-8,11H2,1-2H3/b10-9-/t12-,14-,16+,18-,20+,21-/m1/s1. The molecule has 0 spiro atoms. The van der Waals surface area contributed by atoms with Crippen LogP contribution in [0.4, 0.5) is 4.39 Å². The molecule has 0 aliphatic heterocycles. The molecule has 0 aromatic heterocycles. The van der Waals surface area contributed by atoms with E-state index in [1.54, 1.807) is 0 Å². The average Bonchev–Trinajstić information content (AvgIpc) is 2.83. The molecule has 0 unspecified atom stereocenters. The van der Waals surface area contributed by atoms with Gasteiger partial charge < -0.3 is 10.2 Å². The highest BCUT2D eigenvalue weighted by Gasteiger charge is 2.61. The van der Waals surface area contributed by atoms with Crippen molar-refractivity contribution in [2.45, 2.75) is 57.5 Å². The molecule has 0 amide bonds. The summed E-state index contributed by atoms with van der Waals surface area (Å²) in [6.07, 6.45) is 6.48. The Kier molecular flexibility index (Phi) is 4.23. The normalized spacial score (nSPS) is 42.9. The van der Waals surface area contributed by atoms with Crippen molar-refractivity contribution in [3.8, 4) is 5.75 Å². The predicted molar refractivity (Wildman–Crippen MR) is 105 cm³/mol. The molecule has 4 rings (SSSR count). The Bertz CT molecular complexity index is 733. The number of phenols is 1. The van der Waals surface area contributed by atoms with Crippen LogP contribution >= 0.6 is 22.6 Å². The third kappa shape index (κ3) is 2.35. The minimum atomic E-state index is -0.718. The number of fused-ring (bicyclic) bond motifs is 5. The number of phenolic OH excluding ortho intramolecular Hbond substituents is 1. The summed E-state index contributed by atoms with van der Waals surface area (Å²) < 4.78 is 16.4. The van der Waals surface area contributed by atoms with Gasteiger partial charge in [0, 0.05) is 5.41 Å². The minimum Gasteiger partial charge on any atom is -0.505 e. The fraction of sp³-hybridized carbons (Fsp3) is 0.619. The van der Waals surface area contributed by atoms with Crippen LogP contribution in [0.25, 0.3) is 0 Å². The van der Waals surface area contributed by atoms with E-state index in [2.05, 4.69) is 36.4 Å². The number of rotatable bonds is 1. The minimum absolute atomic E-state index is 0.100. The zero-order valence-electron chi connectivity index (χ0n) is 14.8. The van der Waals surface area contributed by atoms with Gasteiger partial charge in [0.2, 0.25) is 0 Å². The molecule has 136 valence electrons. The van der Waals surface area contributed by atoms with Gasteiger partial charge >= 0.3 is 0 Å². The van der Waals surface area contributed by atoms with Gasteiger partial charge in [-0.1, -0.05) is 42.5 Å². The third-order valence-electron chi connectivity index (χ3n) is 7.73. The number of halogens is 2. The first-order valence-electron chi connectivity index (χ1n) is 9.33. The maximum Gasteiger partial charge on any atom is 0.168 e. The summed E-state index contributed by atoms with van der Waals surface area (Å²) in [4.78, 5) is 0. The van der Waals surface area contributed by atoms with Gasteiger partial charge in [-0.3, -0.25) is 0 Å². The molecule has 0 heterocycles. The Balaban J connectivity index is 1.77. The van der Waals surface area contributed by atoms with E-state index < -0.39 is 11.4 Å². The summed E-state index contributed by atoms with van der Waals surface area (Å²) in [6, 6.07) is 3.45. The van der Waals surface area contributed by atoms with Crippen molar-refractivity contribution in [1.29, 1.82) is 0 Å². The van der Waals surface area contributed by atoms with E-state index in [0.29, 0.717) is 30.1 Å². The second kappa shape index (κ2) is 5.95. The van der Waals surface area contributed by atoms with Crippen molar-refractivity contribution < 1.29 is 14.6 Å². The second-order valence-electron chi connectivity index (χ2n) is 8.65. The zero-order chi connectivity index (χ0) is 18.0. The van der Waals surface area contributed by atoms with Gasteiger partial charge in [0.1, 0.15) is 0 Å². The first-order chi connectivity index (χ1) is 11.8. The van der Waals surface area contributed by atoms with Crippen LogP contribution in [0, 0.1) is 29.0 Å². The smallest absolute Gasteiger partial charge is 0.168 e. The number of aliphatic hydroxyl groups is 1. The lowest BCUT2D eigenvalue weighted by Gasteiger charge is -2.54. The first-order valence-corrected chi connectivity index (χ1v) is 10.6. The largest absolute Gasteiger partial charge is 0.505 e. The van der Waals surface area contributed by atoms with Crippen molar-refractivity contribution in [3.05, 3.63) is 39.2 Å². The molecule has 0 saturated heterocycles. The molecule has 6 atom stereocenters. The van der Waals surface area contributed by atoms with Gasteiger partial charge in [-0.25, -0.2) is 4.39 Å². The van der Waals surface area contributed by atoms with Gasteiger partial charge in [0.15, 0.2) is 11.6 Å². The average molecular weight is 456 g/mol. The quantitative estimate of drug-likeness (QED) is 0.563. The molecule has 3 aliphatic carbocycles. The van der Waals surface area contributed by atoms with Crippen LogP contribution in [0.1, 0.15) is 56.6 Å². The van der Waals surface area contributed by atoms with Crippen molar-refractivity contribution in [2.75, 3.05) is 0 Å². The van der Waals surface area contributed by atoms with Crippen LogP contribution in [0.15, 0.2) is 22.3 Å². The van der Waals surface area contributed by atoms with E-state index in [-0.39, 0.29) is 11.2 Å². The molecule has 1 aromatic rings. The number of aromatic hydroxyl groups is 1. The summed E-state index contributed by atoms with van der Waals surface area (Å²) >= 11 is 2.20. The summed E-state index contributed by atoms with van der Waals surface area (Å²) in [7, 11) is 0. The molecule has 2 nitrogen and oxygen atoms in total. The Morgan fingerprint density at radius 3 is 2.76 bits per heavy atom. The molecular formula is C21H26FIO2. The third-order valence-corrected chi connectivity index (χ3v) is 8.09. The lowest BCUT2D eigenvalue weighted by Crippen LogP contribution is -2.51. The van der Waals surface area contributed by atoms with E-state index in [1.807, 2.05) is 16.2 Å². The summed E-state index contributed by atoms with van der Waals surface area (Å²) in [5, 5.41) is 21.1. The lowest BCUT2D eigenvalue weighted by molar-refractivity contribution is -0.0791. The molecule has 2 saturated carbocycles. The summed E-state index contributed by atoms with van der Waals surface area (Å²) in [5.74, 6) is 0.997. The van der Waals surface area contributed by atoms with Crippen LogP contribution in [-0.4, -0.2) is 15.8 Å². The molecule has 1 aromatic carbocycles. The molecular weight excluding hydrogens is 430 g/mol. The second-order valence-corrected chi connectivity index (χ2v) is 9.37. The molecule has 2 fully saturated rings. The van der Waals surface area contributed by atoms with Crippen LogP contribution < -0.4 is 0 Å². The van der Waals surface area contributed by atoms with Crippen molar-refractivity contribution in [3.63, 3.8) is 0 Å². The highest BCUT2D eigenvalue weighted by Crippen LogP contribution is 2.65. The van der Waals surface area contributed by atoms with Crippen molar-refractivity contribution in [1.82, 2.24) is 0 Å². The zero-order valence-corrected chi connectivity index (χ0v) is 17.0. The maximum absolute atomic E-state index is 14.5. The van der Waals surface area contributed by atoms with Crippen molar-refractivity contribution in [2.24, 2.45) is 23.2 Å². The Labute approximate surface area is 162 Å². The van der Waals surface area contributed by atoms with E-state index in [0.717, 1.165) is 36.8 Å². The predicted octanol–water partition coefficient (Wildman–Crippen LogP) is 5.31. The lowest BCUT2D eigenvalue weighted by atomic mass is 9.51. The molecule has 4 heteroatoms. The van der Waals surface area contributed by atoms with Gasteiger partial charge in [0.25, 0.3) is 0 Å². The Morgan fingerprint density at radius 1 is 1.28 bits per heavy atom.